The van der Waals surface area contributed by atoms with Crippen LogP contribution in [0.5, 0.6) is 5.75 Å². The SMILES string of the molecule is COC(=O)c1cc(C2OCC(C)(C)CO2)ccc1O. The first kappa shape index (κ1) is 13.8. The fourth-order valence-corrected chi connectivity index (χ4v) is 1.86. The molecular weight excluding hydrogens is 248 g/mol. The summed E-state index contributed by atoms with van der Waals surface area (Å²) in [6, 6.07) is 4.64. The number of carbonyl (C=O) groups excluding carboxylic acids is 1. The average molecular weight is 266 g/mol. The molecule has 0 saturated carbocycles. The van der Waals surface area contributed by atoms with Gasteiger partial charge in [0.1, 0.15) is 11.3 Å². The molecule has 1 saturated heterocycles. The summed E-state index contributed by atoms with van der Waals surface area (Å²) < 4.78 is 15.9. The zero-order valence-electron chi connectivity index (χ0n) is 11.3. The van der Waals surface area contributed by atoms with Crippen molar-refractivity contribution in [3.8, 4) is 5.75 Å². The van der Waals surface area contributed by atoms with Gasteiger partial charge < -0.3 is 19.3 Å². The van der Waals surface area contributed by atoms with Gasteiger partial charge in [0.05, 0.1) is 20.3 Å². The molecular formula is C14H18O5. The van der Waals surface area contributed by atoms with Crippen molar-refractivity contribution in [3.05, 3.63) is 29.3 Å². The first-order chi connectivity index (χ1) is 8.93. The number of phenols is 1. The van der Waals surface area contributed by atoms with E-state index in [4.69, 9.17) is 9.47 Å². The molecule has 0 radical (unpaired) electrons. The molecule has 0 aromatic heterocycles. The molecule has 1 N–H and O–H groups in total. The topological polar surface area (TPSA) is 65.0 Å². The smallest absolute Gasteiger partial charge is 0.341 e. The largest absolute Gasteiger partial charge is 0.507 e. The quantitative estimate of drug-likeness (QED) is 0.832. The molecule has 5 nitrogen and oxygen atoms in total. The number of aromatic hydroxyl groups is 1. The highest BCUT2D eigenvalue weighted by atomic mass is 16.7. The predicted molar refractivity (Wildman–Crippen MR) is 67.9 cm³/mol. The number of phenolic OH excluding ortho intramolecular Hbond substituents is 1. The second kappa shape index (κ2) is 5.19. The van der Waals surface area contributed by atoms with Gasteiger partial charge in [-0.1, -0.05) is 19.9 Å². The van der Waals surface area contributed by atoms with Crippen molar-refractivity contribution in [1.29, 1.82) is 0 Å². The summed E-state index contributed by atoms with van der Waals surface area (Å²) in [6.07, 6.45) is -0.517. The Kier molecular flexibility index (Phi) is 3.78. The fourth-order valence-electron chi connectivity index (χ4n) is 1.86. The number of carbonyl (C=O) groups is 1. The van der Waals surface area contributed by atoms with E-state index in [-0.39, 0.29) is 16.7 Å². The van der Waals surface area contributed by atoms with E-state index < -0.39 is 12.3 Å². The van der Waals surface area contributed by atoms with Crippen molar-refractivity contribution in [2.45, 2.75) is 20.1 Å². The van der Waals surface area contributed by atoms with Gasteiger partial charge in [-0.05, 0) is 12.1 Å². The first-order valence-electron chi connectivity index (χ1n) is 6.07. The average Bonchev–Trinajstić information content (AvgIpc) is 2.39. The third kappa shape index (κ3) is 3.05. The van der Waals surface area contributed by atoms with Crippen molar-refractivity contribution < 1.29 is 24.1 Å². The van der Waals surface area contributed by atoms with E-state index in [1.54, 1.807) is 6.07 Å². The lowest BCUT2D eigenvalue weighted by atomic mass is 9.95. The van der Waals surface area contributed by atoms with E-state index in [1.807, 2.05) is 0 Å². The Hall–Kier alpha value is -1.59. The van der Waals surface area contributed by atoms with E-state index in [0.29, 0.717) is 18.8 Å². The third-order valence-electron chi connectivity index (χ3n) is 2.95. The van der Waals surface area contributed by atoms with Crippen LogP contribution in [0.2, 0.25) is 0 Å². The molecule has 1 aliphatic heterocycles. The van der Waals surface area contributed by atoms with Crippen LogP contribution in [0.15, 0.2) is 18.2 Å². The first-order valence-corrected chi connectivity index (χ1v) is 6.07. The van der Waals surface area contributed by atoms with Crippen molar-refractivity contribution in [2.24, 2.45) is 5.41 Å². The lowest BCUT2D eigenvalue weighted by Gasteiger charge is -2.34. The predicted octanol–water partition coefficient (Wildman–Crippen LogP) is 2.25. The highest BCUT2D eigenvalue weighted by Crippen LogP contribution is 2.32. The Labute approximate surface area is 112 Å². The summed E-state index contributed by atoms with van der Waals surface area (Å²) in [7, 11) is 1.27. The van der Waals surface area contributed by atoms with Gasteiger partial charge >= 0.3 is 5.97 Å². The minimum atomic E-state index is -0.588. The highest BCUT2D eigenvalue weighted by molar-refractivity contribution is 5.92. The summed E-state index contributed by atoms with van der Waals surface area (Å²) in [5, 5.41) is 9.64. The van der Waals surface area contributed by atoms with Crippen LogP contribution in [0.1, 0.15) is 36.1 Å². The van der Waals surface area contributed by atoms with Crippen molar-refractivity contribution in [1.82, 2.24) is 0 Å². The maximum absolute atomic E-state index is 11.5. The molecule has 0 aliphatic carbocycles. The standard InChI is InChI=1S/C14H18O5/c1-14(2)7-18-13(19-8-14)9-4-5-11(15)10(6-9)12(16)17-3/h4-6,13,15H,7-8H2,1-3H3. The molecule has 0 atom stereocenters. The van der Waals surface area contributed by atoms with Crippen LogP contribution >= 0.6 is 0 Å². The Bertz CT molecular complexity index is 471. The molecule has 1 aromatic rings. The minimum absolute atomic E-state index is 0.0153. The summed E-state index contributed by atoms with van der Waals surface area (Å²) in [5.41, 5.74) is 0.782. The second-order valence-electron chi connectivity index (χ2n) is 5.39. The highest BCUT2D eigenvalue weighted by Gasteiger charge is 2.29. The van der Waals surface area contributed by atoms with Gasteiger partial charge in [0, 0.05) is 11.0 Å². The van der Waals surface area contributed by atoms with Gasteiger partial charge in [-0.2, -0.15) is 0 Å². The zero-order valence-corrected chi connectivity index (χ0v) is 11.3. The normalized spacial score (nSPS) is 19.1. The summed E-state index contributed by atoms with van der Waals surface area (Å²) in [5.74, 6) is -0.706. The van der Waals surface area contributed by atoms with E-state index in [1.165, 1.54) is 19.2 Å². The van der Waals surface area contributed by atoms with Crippen LogP contribution in [0.3, 0.4) is 0 Å². The molecule has 0 unspecified atom stereocenters. The molecule has 1 aliphatic rings. The summed E-state index contributed by atoms with van der Waals surface area (Å²) >= 11 is 0. The van der Waals surface area contributed by atoms with Gasteiger partial charge in [-0.15, -0.1) is 0 Å². The molecule has 1 fully saturated rings. The lowest BCUT2D eigenvalue weighted by Crippen LogP contribution is -2.33. The van der Waals surface area contributed by atoms with Crippen LogP contribution in [0.4, 0.5) is 0 Å². The van der Waals surface area contributed by atoms with Crippen molar-refractivity contribution >= 4 is 5.97 Å². The Morgan fingerprint density at radius 2 is 2.00 bits per heavy atom. The summed E-state index contributed by atoms with van der Waals surface area (Å²) in [4.78, 5) is 11.5. The van der Waals surface area contributed by atoms with Gasteiger partial charge in [0.2, 0.25) is 0 Å². The molecule has 0 spiro atoms. The number of ether oxygens (including phenoxy) is 3. The van der Waals surface area contributed by atoms with Crippen molar-refractivity contribution in [3.63, 3.8) is 0 Å². The van der Waals surface area contributed by atoms with Gasteiger partial charge in [-0.25, -0.2) is 4.79 Å². The molecule has 2 rings (SSSR count). The van der Waals surface area contributed by atoms with Crippen LogP contribution in [-0.2, 0) is 14.2 Å². The van der Waals surface area contributed by atoms with Crippen LogP contribution < -0.4 is 0 Å². The van der Waals surface area contributed by atoms with E-state index in [9.17, 15) is 9.90 Å². The van der Waals surface area contributed by atoms with Gasteiger partial charge in [0.15, 0.2) is 6.29 Å². The molecule has 0 amide bonds. The van der Waals surface area contributed by atoms with E-state index in [0.717, 1.165) is 0 Å². The van der Waals surface area contributed by atoms with Gasteiger partial charge in [-0.3, -0.25) is 0 Å². The minimum Gasteiger partial charge on any atom is -0.507 e. The number of benzene rings is 1. The number of hydrogen-bond acceptors (Lipinski definition) is 5. The molecule has 1 aromatic carbocycles. The summed E-state index contributed by atoms with van der Waals surface area (Å²) in [6.45, 7) is 5.26. The maximum Gasteiger partial charge on any atom is 0.341 e. The number of methoxy groups -OCH3 is 1. The molecule has 0 bridgehead atoms. The number of rotatable bonds is 2. The van der Waals surface area contributed by atoms with Crippen LogP contribution in [-0.4, -0.2) is 31.4 Å². The molecule has 19 heavy (non-hydrogen) atoms. The van der Waals surface area contributed by atoms with E-state index >= 15 is 0 Å². The number of hydrogen-bond donors (Lipinski definition) is 1. The van der Waals surface area contributed by atoms with Crippen LogP contribution in [0, 0.1) is 5.41 Å². The second-order valence-corrected chi connectivity index (χ2v) is 5.39. The molecule has 104 valence electrons. The Balaban J connectivity index is 2.20. The van der Waals surface area contributed by atoms with Gasteiger partial charge in [0.25, 0.3) is 0 Å². The molecule has 1 heterocycles. The van der Waals surface area contributed by atoms with E-state index in [2.05, 4.69) is 18.6 Å². The maximum atomic E-state index is 11.5. The Morgan fingerprint density at radius 1 is 1.37 bits per heavy atom. The monoisotopic (exact) mass is 266 g/mol. The zero-order chi connectivity index (χ0) is 14.0. The van der Waals surface area contributed by atoms with Crippen molar-refractivity contribution in [2.75, 3.05) is 20.3 Å². The fraction of sp³-hybridized carbons (Fsp3) is 0.500. The third-order valence-corrected chi connectivity index (χ3v) is 2.95. The van der Waals surface area contributed by atoms with Crippen LogP contribution in [0.25, 0.3) is 0 Å². The molecule has 5 heteroatoms. The lowest BCUT2D eigenvalue weighted by molar-refractivity contribution is -0.226. The Morgan fingerprint density at radius 3 is 2.58 bits per heavy atom. The number of esters is 1.